The maximum Gasteiger partial charge on any atom is 0.268 e. The fourth-order valence-electron chi connectivity index (χ4n) is 3.26. The molecule has 0 amide bonds. The molecule has 0 spiro atoms. The third-order valence-electron chi connectivity index (χ3n) is 4.65. The molecule has 0 bridgehead atoms. The molecule has 0 atom stereocenters. The lowest BCUT2D eigenvalue weighted by molar-refractivity contribution is 0.592. The van der Waals surface area contributed by atoms with Gasteiger partial charge in [0.2, 0.25) is 0 Å². The molecule has 4 rings (SSSR count). The standard InChI is InChI=1S/C23H21N3O2S/c1-2-26(21-16-10-5-11-17-21)29(27,28)22-18-25(20-14-8-4-9-15-20)24-23(22)19-12-6-3-7-13-19/h3-18H,2H2,1H3. The number of hydrogen-bond acceptors (Lipinski definition) is 3. The van der Waals surface area contributed by atoms with Crippen molar-refractivity contribution in [1.82, 2.24) is 9.78 Å². The number of sulfonamides is 1. The lowest BCUT2D eigenvalue weighted by Gasteiger charge is -2.22. The predicted octanol–water partition coefficient (Wildman–Crippen LogP) is 4.75. The molecule has 3 aromatic carbocycles. The van der Waals surface area contributed by atoms with Gasteiger partial charge in [0, 0.05) is 12.1 Å². The van der Waals surface area contributed by atoms with Crippen molar-refractivity contribution in [2.75, 3.05) is 10.8 Å². The van der Waals surface area contributed by atoms with Crippen LogP contribution in [0.4, 0.5) is 5.69 Å². The van der Waals surface area contributed by atoms with Gasteiger partial charge in [-0.15, -0.1) is 0 Å². The van der Waals surface area contributed by atoms with Gasteiger partial charge < -0.3 is 0 Å². The van der Waals surface area contributed by atoms with Crippen LogP contribution in [0.5, 0.6) is 0 Å². The summed E-state index contributed by atoms with van der Waals surface area (Å²) in [6.45, 7) is 2.14. The van der Waals surface area contributed by atoms with E-state index in [1.165, 1.54) is 4.31 Å². The van der Waals surface area contributed by atoms with Gasteiger partial charge in [-0.3, -0.25) is 4.31 Å². The van der Waals surface area contributed by atoms with Crippen LogP contribution in [0.25, 0.3) is 16.9 Å². The summed E-state index contributed by atoms with van der Waals surface area (Å²) in [5, 5.41) is 4.64. The van der Waals surface area contributed by atoms with Crippen LogP contribution in [0.15, 0.2) is 102 Å². The molecule has 0 fully saturated rings. The molecule has 0 aliphatic carbocycles. The molecule has 0 N–H and O–H groups in total. The summed E-state index contributed by atoms with van der Waals surface area (Å²) >= 11 is 0. The van der Waals surface area contributed by atoms with Gasteiger partial charge in [0.25, 0.3) is 10.0 Å². The zero-order valence-electron chi connectivity index (χ0n) is 16.0. The Hall–Kier alpha value is -3.38. The molecule has 0 aliphatic rings. The van der Waals surface area contributed by atoms with Crippen LogP contribution in [-0.4, -0.2) is 24.7 Å². The smallest absolute Gasteiger partial charge is 0.267 e. The second kappa shape index (κ2) is 7.93. The third kappa shape index (κ3) is 3.67. The Morgan fingerprint density at radius 1 is 0.828 bits per heavy atom. The Labute approximate surface area is 170 Å². The van der Waals surface area contributed by atoms with E-state index in [0.717, 1.165) is 11.3 Å². The topological polar surface area (TPSA) is 55.2 Å². The molecule has 0 saturated carbocycles. The minimum Gasteiger partial charge on any atom is -0.267 e. The summed E-state index contributed by atoms with van der Waals surface area (Å²) in [6, 6.07) is 28.0. The number of nitrogens with zero attached hydrogens (tertiary/aromatic N) is 3. The van der Waals surface area contributed by atoms with Crippen molar-refractivity contribution >= 4 is 15.7 Å². The van der Waals surface area contributed by atoms with Gasteiger partial charge in [-0.1, -0.05) is 66.7 Å². The van der Waals surface area contributed by atoms with Crippen molar-refractivity contribution < 1.29 is 8.42 Å². The molecular formula is C23H21N3O2S. The number of rotatable bonds is 6. The highest BCUT2D eigenvalue weighted by atomic mass is 32.2. The van der Waals surface area contributed by atoms with Crippen molar-refractivity contribution in [2.24, 2.45) is 0 Å². The van der Waals surface area contributed by atoms with Gasteiger partial charge >= 0.3 is 0 Å². The Morgan fingerprint density at radius 2 is 1.38 bits per heavy atom. The molecule has 0 radical (unpaired) electrons. The minimum absolute atomic E-state index is 0.179. The van der Waals surface area contributed by atoms with E-state index in [2.05, 4.69) is 5.10 Å². The number of anilines is 1. The van der Waals surface area contributed by atoms with Crippen LogP contribution >= 0.6 is 0 Å². The molecule has 1 heterocycles. The highest BCUT2D eigenvalue weighted by Crippen LogP contribution is 2.31. The van der Waals surface area contributed by atoms with Gasteiger partial charge in [-0.25, -0.2) is 13.1 Å². The average molecular weight is 404 g/mol. The first kappa shape index (κ1) is 19.0. The Balaban J connectivity index is 1.90. The summed E-state index contributed by atoms with van der Waals surface area (Å²) in [5.41, 5.74) is 2.61. The summed E-state index contributed by atoms with van der Waals surface area (Å²) in [5.74, 6) is 0. The molecule has 0 unspecified atom stereocenters. The quantitative estimate of drug-likeness (QED) is 0.467. The molecule has 4 aromatic rings. The molecule has 6 heteroatoms. The summed E-state index contributed by atoms with van der Waals surface area (Å²) in [4.78, 5) is 0.179. The Kier molecular flexibility index (Phi) is 5.18. The van der Waals surface area contributed by atoms with Crippen LogP contribution in [0.2, 0.25) is 0 Å². The average Bonchev–Trinajstić information content (AvgIpc) is 3.23. The fraction of sp³-hybridized carbons (Fsp3) is 0.0870. The van der Waals surface area contributed by atoms with E-state index in [1.54, 1.807) is 23.0 Å². The van der Waals surface area contributed by atoms with E-state index in [1.807, 2.05) is 85.8 Å². The number of aromatic nitrogens is 2. The second-order valence-electron chi connectivity index (χ2n) is 6.49. The van der Waals surface area contributed by atoms with Crippen LogP contribution in [0.3, 0.4) is 0 Å². The van der Waals surface area contributed by atoms with Crippen molar-refractivity contribution in [3.05, 3.63) is 97.2 Å². The molecule has 5 nitrogen and oxygen atoms in total. The fourth-order valence-corrected chi connectivity index (χ4v) is 4.87. The maximum absolute atomic E-state index is 13.7. The molecule has 29 heavy (non-hydrogen) atoms. The minimum atomic E-state index is -3.82. The lowest BCUT2D eigenvalue weighted by Crippen LogP contribution is -2.30. The Bertz CT molecular complexity index is 1190. The highest BCUT2D eigenvalue weighted by Gasteiger charge is 2.30. The number of hydrogen-bond donors (Lipinski definition) is 0. The van der Waals surface area contributed by atoms with E-state index in [4.69, 9.17) is 0 Å². The molecular weight excluding hydrogens is 382 g/mol. The third-order valence-corrected chi connectivity index (χ3v) is 6.55. The SMILES string of the molecule is CCN(c1ccccc1)S(=O)(=O)c1cn(-c2ccccc2)nc1-c1ccccc1. The summed E-state index contributed by atoms with van der Waals surface area (Å²) < 4.78 is 30.4. The summed E-state index contributed by atoms with van der Waals surface area (Å²) in [6.07, 6.45) is 1.60. The second-order valence-corrected chi connectivity index (χ2v) is 8.32. The lowest BCUT2D eigenvalue weighted by atomic mass is 10.2. The van der Waals surface area contributed by atoms with Gasteiger partial charge in [-0.05, 0) is 31.2 Å². The van der Waals surface area contributed by atoms with Gasteiger partial charge in [-0.2, -0.15) is 5.10 Å². The largest absolute Gasteiger partial charge is 0.268 e. The van der Waals surface area contributed by atoms with Gasteiger partial charge in [0.05, 0.1) is 17.6 Å². The van der Waals surface area contributed by atoms with E-state index in [0.29, 0.717) is 17.9 Å². The maximum atomic E-state index is 13.7. The van der Waals surface area contributed by atoms with Crippen LogP contribution in [0, 0.1) is 0 Å². The van der Waals surface area contributed by atoms with Crippen LogP contribution in [0.1, 0.15) is 6.92 Å². The number of para-hydroxylation sites is 2. The monoisotopic (exact) mass is 403 g/mol. The first-order valence-electron chi connectivity index (χ1n) is 9.39. The van der Waals surface area contributed by atoms with E-state index in [-0.39, 0.29) is 4.90 Å². The van der Waals surface area contributed by atoms with Crippen LogP contribution < -0.4 is 4.31 Å². The first-order valence-corrected chi connectivity index (χ1v) is 10.8. The Morgan fingerprint density at radius 3 is 1.97 bits per heavy atom. The van der Waals surface area contributed by atoms with Crippen molar-refractivity contribution in [3.8, 4) is 16.9 Å². The van der Waals surface area contributed by atoms with Crippen molar-refractivity contribution in [1.29, 1.82) is 0 Å². The number of benzene rings is 3. The first-order chi connectivity index (χ1) is 14.1. The zero-order valence-corrected chi connectivity index (χ0v) is 16.8. The van der Waals surface area contributed by atoms with E-state index >= 15 is 0 Å². The normalized spacial score (nSPS) is 11.3. The highest BCUT2D eigenvalue weighted by molar-refractivity contribution is 7.93. The zero-order chi connectivity index (χ0) is 20.3. The molecule has 0 saturated heterocycles. The molecule has 146 valence electrons. The van der Waals surface area contributed by atoms with Crippen molar-refractivity contribution in [3.63, 3.8) is 0 Å². The molecule has 0 aliphatic heterocycles. The molecule has 1 aromatic heterocycles. The van der Waals surface area contributed by atoms with Crippen LogP contribution in [-0.2, 0) is 10.0 Å². The van der Waals surface area contributed by atoms with E-state index < -0.39 is 10.0 Å². The summed E-state index contributed by atoms with van der Waals surface area (Å²) in [7, 11) is -3.82. The van der Waals surface area contributed by atoms with E-state index in [9.17, 15) is 8.42 Å². The van der Waals surface area contributed by atoms with Crippen molar-refractivity contribution in [2.45, 2.75) is 11.8 Å². The predicted molar refractivity (Wildman–Crippen MR) is 116 cm³/mol. The van der Waals surface area contributed by atoms with Gasteiger partial charge in [0.15, 0.2) is 0 Å². The van der Waals surface area contributed by atoms with Gasteiger partial charge in [0.1, 0.15) is 10.6 Å².